The Morgan fingerprint density at radius 2 is 1.74 bits per heavy atom. The number of carbonyl (C=O) groups is 1. The molecule has 2 nitrogen and oxygen atoms in total. The van der Waals surface area contributed by atoms with Crippen molar-refractivity contribution in [2.45, 2.75) is 12.1 Å². The van der Waals surface area contributed by atoms with E-state index < -0.39 is 11.6 Å². The minimum atomic E-state index is -2.09. The molecule has 0 bridgehead atoms. The van der Waals surface area contributed by atoms with Gasteiger partial charge in [0.25, 0.3) is 5.91 Å². The van der Waals surface area contributed by atoms with Crippen LogP contribution < -0.4 is 5.32 Å². The average Bonchev–Trinajstić information content (AvgIpc) is 2.65. The fraction of sp³-hybridized carbons (Fsp3) is 0.133. The molecular formula is C15H11F2NO. The molecule has 1 amide bonds. The number of halogens is 2. The van der Waals surface area contributed by atoms with E-state index in [4.69, 9.17) is 0 Å². The van der Waals surface area contributed by atoms with Crippen molar-refractivity contribution in [1.82, 2.24) is 0 Å². The van der Waals surface area contributed by atoms with Crippen LogP contribution in [-0.2, 0) is 16.9 Å². The van der Waals surface area contributed by atoms with Gasteiger partial charge >= 0.3 is 0 Å². The molecule has 2 aromatic carbocycles. The standard InChI is InChI=1S/C15H11F2NO/c16-11-7-5-10(6-8-11)9-15(17)12-3-1-2-4-13(12)18-14(15)19/h1-8H,9H2,(H,18,19). The zero-order valence-corrected chi connectivity index (χ0v) is 9.99. The zero-order valence-electron chi connectivity index (χ0n) is 9.99. The Hall–Kier alpha value is -2.23. The van der Waals surface area contributed by atoms with E-state index in [1.165, 1.54) is 24.3 Å². The van der Waals surface area contributed by atoms with E-state index in [2.05, 4.69) is 5.32 Å². The summed E-state index contributed by atoms with van der Waals surface area (Å²) >= 11 is 0. The number of para-hydroxylation sites is 1. The number of nitrogens with one attached hydrogen (secondary N) is 1. The minimum Gasteiger partial charge on any atom is -0.323 e. The van der Waals surface area contributed by atoms with Crippen molar-refractivity contribution in [3.8, 4) is 0 Å². The Morgan fingerprint density at radius 1 is 1.05 bits per heavy atom. The predicted molar refractivity (Wildman–Crippen MR) is 68.0 cm³/mol. The van der Waals surface area contributed by atoms with Crippen molar-refractivity contribution < 1.29 is 13.6 Å². The SMILES string of the molecule is O=C1Nc2ccccc2C1(F)Cc1ccc(F)cc1. The van der Waals surface area contributed by atoms with Crippen LogP contribution in [0.25, 0.3) is 0 Å². The minimum absolute atomic E-state index is 0.101. The van der Waals surface area contributed by atoms with Gasteiger partial charge in [0.2, 0.25) is 5.67 Å². The van der Waals surface area contributed by atoms with Crippen LogP contribution in [0, 0.1) is 5.82 Å². The van der Waals surface area contributed by atoms with Crippen LogP contribution in [-0.4, -0.2) is 5.91 Å². The quantitative estimate of drug-likeness (QED) is 0.881. The number of rotatable bonds is 2. The lowest BCUT2D eigenvalue weighted by molar-refractivity contribution is -0.126. The maximum atomic E-state index is 15.0. The summed E-state index contributed by atoms with van der Waals surface area (Å²) in [5.41, 5.74) is -0.675. The lowest BCUT2D eigenvalue weighted by Crippen LogP contribution is -2.31. The summed E-state index contributed by atoms with van der Waals surface area (Å²) in [6.07, 6.45) is -0.101. The van der Waals surface area contributed by atoms with Crippen LogP contribution in [0.3, 0.4) is 0 Å². The molecule has 19 heavy (non-hydrogen) atoms. The third-order valence-electron chi connectivity index (χ3n) is 3.32. The summed E-state index contributed by atoms with van der Waals surface area (Å²) in [6, 6.07) is 12.2. The number of alkyl halides is 1. The number of hydrogen-bond acceptors (Lipinski definition) is 1. The Balaban J connectivity index is 1.99. The molecule has 96 valence electrons. The molecule has 0 saturated heterocycles. The van der Waals surface area contributed by atoms with Crippen molar-refractivity contribution in [1.29, 1.82) is 0 Å². The highest BCUT2D eigenvalue weighted by molar-refractivity contribution is 6.05. The van der Waals surface area contributed by atoms with Crippen LogP contribution in [0.15, 0.2) is 48.5 Å². The Bertz CT molecular complexity index is 639. The summed E-state index contributed by atoms with van der Waals surface area (Å²) in [5.74, 6) is -1.05. The van der Waals surface area contributed by atoms with Gasteiger partial charge in [0.1, 0.15) is 5.82 Å². The molecule has 0 aromatic heterocycles. The second-order valence-electron chi connectivity index (χ2n) is 4.60. The van der Waals surface area contributed by atoms with E-state index in [1.807, 2.05) is 0 Å². The lowest BCUT2D eigenvalue weighted by atomic mass is 9.90. The number of fused-ring (bicyclic) bond motifs is 1. The average molecular weight is 259 g/mol. The molecule has 1 N–H and O–H groups in total. The normalized spacial score (nSPS) is 21.1. The van der Waals surface area contributed by atoms with Crippen molar-refractivity contribution in [3.05, 3.63) is 65.5 Å². The molecule has 0 radical (unpaired) electrons. The molecule has 0 saturated carbocycles. The largest absolute Gasteiger partial charge is 0.323 e. The predicted octanol–water partition coefficient (Wildman–Crippen LogP) is 3.19. The van der Waals surface area contributed by atoms with Crippen LogP contribution >= 0.6 is 0 Å². The summed E-state index contributed by atoms with van der Waals surface area (Å²) < 4.78 is 27.8. The van der Waals surface area contributed by atoms with E-state index in [0.29, 0.717) is 16.8 Å². The first-order chi connectivity index (χ1) is 9.09. The summed E-state index contributed by atoms with van der Waals surface area (Å²) in [6.45, 7) is 0. The maximum absolute atomic E-state index is 15.0. The van der Waals surface area contributed by atoms with Crippen LogP contribution in [0.5, 0.6) is 0 Å². The number of anilines is 1. The fourth-order valence-corrected chi connectivity index (χ4v) is 2.34. The van der Waals surface area contributed by atoms with Gasteiger partial charge in [0, 0.05) is 17.7 Å². The first kappa shape index (κ1) is 11.8. The third kappa shape index (κ3) is 1.89. The van der Waals surface area contributed by atoms with Gasteiger partial charge < -0.3 is 5.32 Å². The van der Waals surface area contributed by atoms with Gasteiger partial charge in [-0.1, -0.05) is 30.3 Å². The van der Waals surface area contributed by atoms with Crippen molar-refractivity contribution in [3.63, 3.8) is 0 Å². The van der Waals surface area contributed by atoms with E-state index in [-0.39, 0.29) is 12.2 Å². The second kappa shape index (κ2) is 4.16. The fourth-order valence-electron chi connectivity index (χ4n) is 2.34. The first-order valence-corrected chi connectivity index (χ1v) is 5.94. The van der Waals surface area contributed by atoms with Gasteiger partial charge in [-0.25, -0.2) is 8.78 Å². The van der Waals surface area contributed by atoms with Gasteiger partial charge in [-0.05, 0) is 23.8 Å². The molecule has 4 heteroatoms. The highest BCUT2D eigenvalue weighted by Gasteiger charge is 2.47. The Morgan fingerprint density at radius 3 is 2.47 bits per heavy atom. The number of carbonyl (C=O) groups excluding carboxylic acids is 1. The molecular weight excluding hydrogens is 248 g/mol. The van der Waals surface area contributed by atoms with Crippen LogP contribution in [0.1, 0.15) is 11.1 Å². The van der Waals surface area contributed by atoms with E-state index in [0.717, 1.165) is 0 Å². The molecule has 1 aliphatic heterocycles. The summed E-state index contributed by atoms with van der Waals surface area (Å²) in [4.78, 5) is 11.9. The zero-order chi connectivity index (χ0) is 13.5. The molecule has 1 aliphatic rings. The van der Waals surface area contributed by atoms with Gasteiger partial charge in [0.15, 0.2) is 0 Å². The van der Waals surface area contributed by atoms with E-state index >= 15 is 0 Å². The summed E-state index contributed by atoms with van der Waals surface area (Å²) in [7, 11) is 0. The highest BCUT2D eigenvalue weighted by Crippen LogP contribution is 2.41. The van der Waals surface area contributed by atoms with Gasteiger partial charge in [0.05, 0.1) is 0 Å². The molecule has 0 fully saturated rings. The van der Waals surface area contributed by atoms with Crippen LogP contribution in [0.4, 0.5) is 14.5 Å². The van der Waals surface area contributed by atoms with Crippen molar-refractivity contribution in [2.75, 3.05) is 5.32 Å². The second-order valence-corrected chi connectivity index (χ2v) is 4.60. The number of benzene rings is 2. The molecule has 3 rings (SSSR count). The Labute approximate surface area is 109 Å². The van der Waals surface area contributed by atoms with Gasteiger partial charge in [-0.15, -0.1) is 0 Å². The molecule has 1 atom stereocenters. The van der Waals surface area contributed by atoms with Crippen molar-refractivity contribution >= 4 is 11.6 Å². The maximum Gasteiger partial charge on any atom is 0.267 e. The van der Waals surface area contributed by atoms with E-state index in [9.17, 15) is 13.6 Å². The lowest BCUT2D eigenvalue weighted by Gasteiger charge is -2.17. The van der Waals surface area contributed by atoms with Crippen molar-refractivity contribution in [2.24, 2.45) is 0 Å². The van der Waals surface area contributed by atoms with Crippen LogP contribution in [0.2, 0.25) is 0 Å². The first-order valence-electron chi connectivity index (χ1n) is 5.94. The number of amides is 1. The third-order valence-corrected chi connectivity index (χ3v) is 3.32. The van der Waals surface area contributed by atoms with Gasteiger partial charge in [-0.2, -0.15) is 0 Å². The molecule has 2 aromatic rings. The molecule has 1 unspecified atom stereocenters. The number of hydrogen-bond donors (Lipinski definition) is 1. The Kier molecular flexibility index (Phi) is 2.59. The molecule has 1 heterocycles. The molecule has 0 aliphatic carbocycles. The summed E-state index contributed by atoms with van der Waals surface area (Å²) in [5, 5.41) is 2.53. The molecule has 0 spiro atoms. The van der Waals surface area contributed by atoms with E-state index in [1.54, 1.807) is 24.3 Å². The topological polar surface area (TPSA) is 29.1 Å². The monoisotopic (exact) mass is 259 g/mol. The van der Waals surface area contributed by atoms with Gasteiger partial charge in [-0.3, -0.25) is 4.79 Å². The highest BCUT2D eigenvalue weighted by atomic mass is 19.1. The smallest absolute Gasteiger partial charge is 0.267 e.